The normalized spacial score (nSPS) is 10.3. The van der Waals surface area contributed by atoms with Crippen LogP contribution >= 0.6 is 0 Å². The molecular weight excluding hydrogens is 247 g/mol. The molecule has 2 rings (SSSR count). The van der Waals surface area contributed by atoms with Crippen molar-refractivity contribution in [2.75, 3.05) is 24.3 Å². The molecule has 0 aromatic carbocycles. The van der Waals surface area contributed by atoms with Gasteiger partial charge in [0.25, 0.3) is 0 Å². The summed E-state index contributed by atoms with van der Waals surface area (Å²) < 4.78 is 13.4. The van der Waals surface area contributed by atoms with Gasteiger partial charge in [0.15, 0.2) is 11.6 Å². The zero-order chi connectivity index (χ0) is 13.8. The van der Waals surface area contributed by atoms with E-state index in [1.807, 2.05) is 6.92 Å². The van der Waals surface area contributed by atoms with Gasteiger partial charge < -0.3 is 10.2 Å². The van der Waals surface area contributed by atoms with Gasteiger partial charge in [0.05, 0.1) is 30.3 Å². The van der Waals surface area contributed by atoms with E-state index in [2.05, 4.69) is 25.3 Å². The van der Waals surface area contributed by atoms with Gasteiger partial charge in [-0.1, -0.05) is 0 Å². The molecule has 7 heteroatoms. The summed E-state index contributed by atoms with van der Waals surface area (Å²) >= 11 is 0. The lowest BCUT2D eigenvalue weighted by Crippen LogP contribution is -2.15. The fourth-order valence-electron chi connectivity index (χ4n) is 1.44. The predicted molar refractivity (Wildman–Crippen MR) is 70.4 cm³/mol. The largest absolute Gasteiger partial charge is 0.360 e. The molecule has 0 saturated carbocycles. The highest BCUT2D eigenvalue weighted by Crippen LogP contribution is 2.14. The fourth-order valence-corrected chi connectivity index (χ4v) is 1.44. The van der Waals surface area contributed by atoms with Gasteiger partial charge in [-0.05, 0) is 6.92 Å². The molecule has 0 bridgehead atoms. The van der Waals surface area contributed by atoms with Gasteiger partial charge in [-0.25, -0.2) is 9.37 Å². The minimum atomic E-state index is -0.453. The molecule has 100 valence electrons. The second-order valence-corrected chi connectivity index (χ2v) is 4.26. The lowest BCUT2D eigenvalue weighted by Gasteiger charge is -2.13. The van der Waals surface area contributed by atoms with Crippen molar-refractivity contribution in [1.82, 2.24) is 19.9 Å². The quantitative estimate of drug-likeness (QED) is 0.898. The molecule has 0 amide bonds. The fraction of sp³-hybridized carbons (Fsp3) is 0.333. The molecule has 0 fully saturated rings. The van der Waals surface area contributed by atoms with Crippen LogP contribution in [0, 0.1) is 12.7 Å². The number of rotatable bonds is 4. The van der Waals surface area contributed by atoms with Crippen LogP contribution in [-0.4, -0.2) is 34.0 Å². The summed E-state index contributed by atoms with van der Waals surface area (Å²) in [6, 6.07) is 0. The number of hydrogen-bond acceptors (Lipinski definition) is 6. The summed E-state index contributed by atoms with van der Waals surface area (Å²) in [5, 5.41) is 2.98. The van der Waals surface area contributed by atoms with Crippen LogP contribution in [0.4, 0.5) is 16.2 Å². The van der Waals surface area contributed by atoms with E-state index >= 15 is 0 Å². The molecule has 6 nitrogen and oxygen atoms in total. The topological polar surface area (TPSA) is 66.8 Å². The van der Waals surface area contributed by atoms with E-state index in [0.29, 0.717) is 12.5 Å². The van der Waals surface area contributed by atoms with Crippen molar-refractivity contribution in [3.8, 4) is 0 Å². The maximum absolute atomic E-state index is 13.4. The molecule has 0 spiro atoms. The minimum Gasteiger partial charge on any atom is -0.360 e. The van der Waals surface area contributed by atoms with E-state index in [0.717, 1.165) is 17.6 Å². The van der Waals surface area contributed by atoms with Crippen LogP contribution in [-0.2, 0) is 6.54 Å². The molecule has 2 aromatic heterocycles. The Morgan fingerprint density at radius 2 is 1.95 bits per heavy atom. The summed E-state index contributed by atoms with van der Waals surface area (Å²) in [6.07, 6.45) is 4.51. The molecule has 0 atom stereocenters. The molecule has 0 aliphatic heterocycles. The third-order valence-corrected chi connectivity index (χ3v) is 2.41. The van der Waals surface area contributed by atoms with Crippen LogP contribution in [0.25, 0.3) is 0 Å². The van der Waals surface area contributed by atoms with Crippen molar-refractivity contribution in [2.45, 2.75) is 13.5 Å². The zero-order valence-corrected chi connectivity index (χ0v) is 11.1. The number of nitrogens with one attached hydrogen (secondary N) is 1. The van der Waals surface area contributed by atoms with Crippen LogP contribution in [0.2, 0.25) is 0 Å². The molecule has 2 heterocycles. The Hall–Kier alpha value is -2.31. The van der Waals surface area contributed by atoms with Gasteiger partial charge in [0.1, 0.15) is 0 Å². The van der Waals surface area contributed by atoms with Crippen molar-refractivity contribution in [2.24, 2.45) is 0 Å². The lowest BCUT2D eigenvalue weighted by molar-refractivity contribution is 0.612. The van der Waals surface area contributed by atoms with Crippen molar-refractivity contribution in [3.05, 3.63) is 35.8 Å². The molecule has 1 N–H and O–H groups in total. The van der Waals surface area contributed by atoms with Gasteiger partial charge >= 0.3 is 0 Å². The third-order valence-electron chi connectivity index (χ3n) is 2.41. The first-order chi connectivity index (χ1) is 9.06. The second-order valence-electron chi connectivity index (χ2n) is 4.26. The number of anilines is 2. The van der Waals surface area contributed by atoms with Crippen LogP contribution in [0.3, 0.4) is 0 Å². The Kier molecular flexibility index (Phi) is 3.84. The monoisotopic (exact) mass is 262 g/mol. The van der Waals surface area contributed by atoms with Gasteiger partial charge in [-0.15, -0.1) is 0 Å². The molecule has 0 aliphatic carbocycles. The lowest BCUT2D eigenvalue weighted by atomic mass is 10.4. The van der Waals surface area contributed by atoms with Crippen molar-refractivity contribution >= 4 is 11.8 Å². The first-order valence-electron chi connectivity index (χ1n) is 5.77. The number of nitrogens with zero attached hydrogens (tertiary/aromatic N) is 5. The SMILES string of the molecule is Cc1cnc(CNc2ncc(F)c(N(C)C)n2)cn1. The van der Waals surface area contributed by atoms with Gasteiger partial charge in [-0.2, -0.15) is 4.98 Å². The maximum Gasteiger partial charge on any atom is 0.225 e. The highest BCUT2D eigenvalue weighted by molar-refractivity contribution is 5.42. The Morgan fingerprint density at radius 1 is 1.16 bits per heavy atom. The van der Waals surface area contributed by atoms with E-state index in [1.54, 1.807) is 31.4 Å². The Balaban J connectivity index is 2.07. The number of hydrogen-bond donors (Lipinski definition) is 1. The van der Waals surface area contributed by atoms with Gasteiger partial charge in [0, 0.05) is 20.3 Å². The standard InChI is InChI=1S/C12H15FN6/c1-8-4-15-9(5-14-8)6-16-12-17-7-10(13)11(18-12)19(2)3/h4-5,7H,6H2,1-3H3,(H,16,17,18). The first kappa shape index (κ1) is 13.1. The van der Waals surface area contributed by atoms with Crippen LogP contribution in [0.5, 0.6) is 0 Å². The molecule has 2 aromatic rings. The summed E-state index contributed by atoms with van der Waals surface area (Å²) in [5.41, 5.74) is 1.63. The average molecular weight is 262 g/mol. The Morgan fingerprint density at radius 3 is 2.58 bits per heavy atom. The molecule has 0 radical (unpaired) electrons. The molecule has 0 saturated heterocycles. The van der Waals surface area contributed by atoms with E-state index in [1.165, 1.54) is 0 Å². The summed E-state index contributed by atoms with van der Waals surface area (Å²) in [7, 11) is 3.45. The molecule has 0 unspecified atom stereocenters. The average Bonchev–Trinajstić information content (AvgIpc) is 2.39. The Labute approximate surface area is 110 Å². The number of aryl methyl sites for hydroxylation is 1. The molecule has 0 aliphatic rings. The second kappa shape index (κ2) is 5.55. The third kappa shape index (κ3) is 3.34. The number of halogens is 1. The van der Waals surface area contributed by atoms with Crippen molar-refractivity contribution in [3.63, 3.8) is 0 Å². The highest BCUT2D eigenvalue weighted by atomic mass is 19.1. The maximum atomic E-state index is 13.4. The molecular formula is C12H15FN6. The van der Waals surface area contributed by atoms with E-state index in [-0.39, 0.29) is 5.82 Å². The minimum absolute atomic E-state index is 0.243. The summed E-state index contributed by atoms with van der Waals surface area (Å²) in [6.45, 7) is 2.31. The highest BCUT2D eigenvalue weighted by Gasteiger charge is 2.08. The van der Waals surface area contributed by atoms with Crippen molar-refractivity contribution in [1.29, 1.82) is 0 Å². The summed E-state index contributed by atoms with van der Waals surface area (Å²) in [4.78, 5) is 17.9. The smallest absolute Gasteiger partial charge is 0.225 e. The van der Waals surface area contributed by atoms with E-state index in [4.69, 9.17) is 0 Å². The van der Waals surface area contributed by atoms with Crippen LogP contribution in [0.1, 0.15) is 11.4 Å². The van der Waals surface area contributed by atoms with E-state index in [9.17, 15) is 4.39 Å². The van der Waals surface area contributed by atoms with Crippen LogP contribution < -0.4 is 10.2 Å². The van der Waals surface area contributed by atoms with Gasteiger partial charge in [0.2, 0.25) is 5.95 Å². The molecule has 19 heavy (non-hydrogen) atoms. The zero-order valence-electron chi connectivity index (χ0n) is 11.1. The van der Waals surface area contributed by atoms with Crippen molar-refractivity contribution < 1.29 is 4.39 Å². The number of aromatic nitrogens is 4. The van der Waals surface area contributed by atoms with E-state index < -0.39 is 5.82 Å². The van der Waals surface area contributed by atoms with Gasteiger partial charge in [-0.3, -0.25) is 9.97 Å². The Bertz CT molecular complexity index is 555. The van der Waals surface area contributed by atoms with Crippen LogP contribution in [0.15, 0.2) is 18.6 Å². The summed E-state index contributed by atoms with van der Waals surface area (Å²) in [5.74, 6) is 0.144. The predicted octanol–water partition coefficient (Wildman–Crippen LogP) is 1.39. The first-order valence-corrected chi connectivity index (χ1v) is 5.77.